The second-order valence-electron chi connectivity index (χ2n) is 4.25. The Balaban J connectivity index is 2.06. The van der Waals surface area contributed by atoms with Crippen LogP contribution in [0.3, 0.4) is 0 Å². The molecule has 108 valence electrons. The Morgan fingerprint density at radius 2 is 1.90 bits per heavy atom. The summed E-state index contributed by atoms with van der Waals surface area (Å²) in [5, 5.41) is 4.03. The zero-order valence-electron chi connectivity index (χ0n) is 10.9. The number of nitrogens with one attached hydrogen (secondary N) is 1. The van der Waals surface area contributed by atoms with Crippen molar-refractivity contribution in [2.24, 2.45) is 8.73 Å². The summed E-state index contributed by atoms with van der Waals surface area (Å²) in [6.07, 6.45) is 0.682. The fraction of sp³-hybridized carbons (Fsp3) is 0.167. The summed E-state index contributed by atoms with van der Waals surface area (Å²) in [5.41, 5.74) is 7.58. The van der Waals surface area contributed by atoms with Gasteiger partial charge in [0.2, 0.25) is 0 Å². The van der Waals surface area contributed by atoms with Gasteiger partial charge in [0.1, 0.15) is 28.8 Å². The van der Waals surface area contributed by atoms with Gasteiger partial charge in [-0.2, -0.15) is 8.73 Å². The standard InChI is InChI=1S/C12H10Cl2N6S/c1-2-8-16-7(15)4-9(17-8)18-10-5(13)3-6(14)11-12(10)20-21-19-11/h3-4H,2H2,1H3,(H3,15,16,17,18). The minimum absolute atomic E-state index is 0.391. The largest absolute Gasteiger partial charge is 0.384 e. The molecule has 2 aromatic rings. The molecule has 2 heterocycles. The van der Waals surface area contributed by atoms with Gasteiger partial charge in [-0.3, -0.25) is 0 Å². The number of halogens is 2. The maximum absolute atomic E-state index is 6.24. The molecule has 0 bridgehead atoms. The van der Waals surface area contributed by atoms with Crippen LogP contribution in [0.15, 0.2) is 20.9 Å². The normalized spacial score (nSPS) is 12.1. The molecule has 9 heteroatoms. The zero-order valence-corrected chi connectivity index (χ0v) is 13.2. The van der Waals surface area contributed by atoms with E-state index in [1.165, 1.54) is 0 Å². The maximum Gasteiger partial charge on any atom is 0.136 e. The lowest BCUT2D eigenvalue weighted by Crippen LogP contribution is -2.03. The smallest absolute Gasteiger partial charge is 0.136 e. The van der Waals surface area contributed by atoms with Gasteiger partial charge in [0.25, 0.3) is 0 Å². The van der Waals surface area contributed by atoms with Crippen molar-refractivity contribution in [1.29, 1.82) is 0 Å². The van der Waals surface area contributed by atoms with Crippen LogP contribution in [0, 0.1) is 0 Å². The highest BCUT2D eigenvalue weighted by atomic mass is 35.5. The zero-order chi connectivity index (χ0) is 15.0. The lowest BCUT2D eigenvalue weighted by atomic mass is 10.2. The minimum atomic E-state index is 0.391. The highest BCUT2D eigenvalue weighted by molar-refractivity contribution is 7.58. The minimum Gasteiger partial charge on any atom is -0.384 e. The number of hydrogen-bond acceptors (Lipinski definition) is 6. The predicted molar refractivity (Wildman–Crippen MR) is 87.1 cm³/mol. The van der Waals surface area contributed by atoms with Gasteiger partial charge in [0, 0.05) is 12.5 Å². The molecule has 1 aromatic heterocycles. The SMILES string of the molecule is CCc1nc(N)cc(Nc2c(Cl)cc(Cl)c3c2N=S=N3)n1. The average molecular weight is 341 g/mol. The number of fused-ring (bicyclic) bond motifs is 1. The van der Waals surface area contributed by atoms with E-state index in [4.69, 9.17) is 28.9 Å². The van der Waals surface area contributed by atoms with E-state index < -0.39 is 0 Å². The molecule has 1 aliphatic rings. The Bertz CT molecular complexity index is 801. The number of nitrogens with zero attached hydrogens (tertiary/aromatic N) is 4. The van der Waals surface area contributed by atoms with Crippen molar-refractivity contribution < 1.29 is 0 Å². The summed E-state index contributed by atoms with van der Waals surface area (Å²) < 4.78 is 8.38. The molecule has 1 aromatic carbocycles. The first-order valence-electron chi connectivity index (χ1n) is 6.09. The summed E-state index contributed by atoms with van der Waals surface area (Å²) in [6, 6.07) is 3.26. The van der Waals surface area contributed by atoms with Crippen molar-refractivity contribution in [1.82, 2.24) is 9.97 Å². The molecule has 21 heavy (non-hydrogen) atoms. The second kappa shape index (κ2) is 5.59. The van der Waals surface area contributed by atoms with Crippen molar-refractivity contribution in [3.63, 3.8) is 0 Å². The van der Waals surface area contributed by atoms with E-state index >= 15 is 0 Å². The average Bonchev–Trinajstić information content (AvgIpc) is 2.92. The predicted octanol–water partition coefficient (Wildman–Crippen LogP) is 4.40. The summed E-state index contributed by atoms with van der Waals surface area (Å²) in [6.45, 7) is 1.95. The first kappa shape index (κ1) is 14.2. The Morgan fingerprint density at radius 3 is 2.67 bits per heavy atom. The van der Waals surface area contributed by atoms with Crippen LogP contribution in [0.25, 0.3) is 0 Å². The fourth-order valence-electron chi connectivity index (χ4n) is 1.86. The van der Waals surface area contributed by atoms with Crippen LogP contribution in [0.2, 0.25) is 10.0 Å². The van der Waals surface area contributed by atoms with Gasteiger partial charge < -0.3 is 11.1 Å². The molecule has 0 saturated heterocycles. The number of nitrogen functional groups attached to an aromatic ring is 1. The Hall–Kier alpha value is -1.70. The van der Waals surface area contributed by atoms with E-state index in [9.17, 15) is 0 Å². The molecular formula is C12H10Cl2N6S. The Kier molecular flexibility index (Phi) is 3.79. The van der Waals surface area contributed by atoms with E-state index in [0.29, 0.717) is 51.0 Å². The van der Waals surface area contributed by atoms with Crippen molar-refractivity contribution in [2.75, 3.05) is 11.1 Å². The second-order valence-corrected chi connectivity index (χ2v) is 5.59. The third kappa shape index (κ3) is 2.72. The van der Waals surface area contributed by atoms with E-state index in [2.05, 4.69) is 24.0 Å². The lowest BCUT2D eigenvalue weighted by molar-refractivity contribution is 0.948. The monoisotopic (exact) mass is 340 g/mol. The quantitative estimate of drug-likeness (QED) is 0.739. The van der Waals surface area contributed by atoms with Gasteiger partial charge in [-0.25, -0.2) is 9.97 Å². The molecule has 6 nitrogen and oxygen atoms in total. The molecule has 0 aliphatic carbocycles. The molecule has 1 aliphatic heterocycles. The van der Waals surface area contributed by atoms with Crippen molar-refractivity contribution in [2.45, 2.75) is 13.3 Å². The number of aromatic nitrogens is 2. The van der Waals surface area contributed by atoms with Gasteiger partial charge in [0.05, 0.1) is 27.1 Å². The molecule has 0 amide bonds. The highest BCUT2D eigenvalue weighted by Gasteiger charge is 2.19. The van der Waals surface area contributed by atoms with Gasteiger partial charge in [-0.1, -0.05) is 30.1 Å². The molecule has 0 atom stereocenters. The van der Waals surface area contributed by atoms with E-state index in [1.54, 1.807) is 12.1 Å². The Labute approximate surface area is 134 Å². The molecule has 0 spiro atoms. The summed E-state index contributed by atoms with van der Waals surface area (Å²) in [4.78, 5) is 8.49. The number of rotatable bonds is 3. The molecule has 0 unspecified atom stereocenters. The molecule has 0 fully saturated rings. The molecule has 3 N–H and O–H groups in total. The topological polar surface area (TPSA) is 88.5 Å². The van der Waals surface area contributed by atoms with E-state index in [0.717, 1.165) is 11.4 Å². The number of aryl methyl sites for hydroxylation is 1. The lowest BCUT2D eigenvalue weighted by Gasteiger charge is -2.12. The molecular weight excluding hydrogens is 331 g/mol. The van der Waals surface area contributed by atoms with Gasteiger partial charge in [-0.15, -0.1) is 0 Å². The third-order valence-electron chi connectivity index (χ3n) is 2.81. The summed E-state index contributed by atoms with van der Waals surface area (Å²) >= 11 is 13.4. The first-order chi connectivity index (χ1) is 10.1. The van der Waals surface area contributed by atoms with Crippen molar-refractivity contribution in [3.05, 3.63) is 28.0 Å². The number of benzene rings is 1. The number of nitrogens with two attached hydrogens (primary N) is 1. The van der Waals surface area contributed by atoms with Gasteiger partial charge in [0.15, 0.2) is 0 Å². The summed E-state index contributed by atoms with van der Waals surface area (Å²) in [5.74, 6) is 1.59. The van der Waals surface area contributed by atoms with Gasteiger partial charge in [-0.05, 0) is 6.07 Å². The summed E-state index contributed by atoms with van der Waals surface area (Å²) in [7, 11) is 0. The van der Waals surface area contributed by atoms with Crippen molar-refractivity contribution in [3.8, 4) is 0 Å². The van der Waals surface area contributed by atoms with Crippen LogP contribution < -0.4 is 11.1 Å². The Morgan fingerprint density at radius 1 is 1.14 bits per heavy atom. The van der Waals surface area contributed by atoms with E-state index in [-0.39, 0.29) is 0 Å². The fourth-order valence-corrected chi connectivity index (χ4v) is 3.02. The first-order valence-corrected chi connectivity index (χ1v) is 7.58. The highest BCUT2D eigenvalue weighted by Crippen LogP contribution is 2.48. The van der Waals surface area contributed by atoms with Crippen LogP contribution in [-0.4, -0.2) is 9.97 Å². The van der Waals surface area contributed by atoms with Crippen LogP contribution in [0.5, 0.6) is 0 Å². The molecule has 0 radical (unpaired) electrons. The van der Waals surface area contributed by atoms with Crippen LogP contribution in [0.4, 0.5) is 28.7 Å². The third-order valence-corrected chi connectivity index (χ3v) is 3.92. The van der Waals surface area contributed by atoms with Crippen LogP contribution in [-0.2, 0) is 17.8 Å². The number of hydrogen-bond donors (Lipinski definition) is 2. The maximum atomic E-state index is 6.24. The van der Waals surface area contributed by atoms with Gasteiger partial charge >= 0.3 is 0 Å². The van der Waals surface area contributed by atoms with Crippen molar-refractivity contribution >= 4 is 63.3 Å². The number of anilines is 3. The molecule has 0 saturated carbocycles. The van der Waals surface area contributed by atoms with Crippen LogP contribution >= 0.6 is 23.2 Å². The van der Waals surface area contributed by atoms with Crippen LogP contribution in [0.1, 0.15) is 12.7 Å². The van der Waals surface area contributed by atoms with E-state index in [1.807, 2.05) is 6.92 Å². The molecule has 3 rings (SSSR count).